The van der Waals surface area contributed by atoms with E-state index in [1.54, 1.807) is 0 Å². The van der Waals surface area contributed by atoms with Crippen molar-refractivity contribution >= 4 is 29.1 Å². The normalized spacial score (nSPS) is 12.3. The molecule has 0 bridgehead atoms. The first-order valence-corrected chi connectivity index (χ1v) is 7.90. The van der Waals surface area contributed by atoms with Crippen LogP contribution in [0.15, 0.2) is 24.3 Å². The summed E-state index contributed by atoms with van der Waals surface area (Å²) in [7, 11) is 0. The van der Waals surface area contributed by atoms with Crippen LogP contribution in [0.1, 0.15) is 50.0 Å². The minimum absolute atomic E-state index is 0.0778. The number of nitrogens with one attached hydrogen (secondary N) is 1. The molecule has 1 aromatic carbocycles. The second kappa shape index (κ2) is 6.82. The SMILES string of the molecule is CCC(CCl)(CCl)NC(=O)c1ccc(C(C)(C)C)cc1. The van der Waals surface area contributed by atoms with Gasteiger partial charge in [-0.3, -0.25) is 4.79 Å². The Labute approximate surface area is 131 Å². The highest BCUT2D eigenvalue weighted by molar-refractivity contribution is 6.22. The van der Waals surface area contributed by atoms with Crippen LogP contribution in [0.25, 0.3) is 0 Å². The van der Waals surface area contributed by atoms with Crippen molar-refractivity contribution in [2.45, 2.75) is 45.1 Å². The van der Waals surface area contributed by atoms with Gasteiger partial charge in [0.05, 0.1) is 5.54 Å². The predicted molar refractivity (Wildman–Crippen MR) is 87.1 cm³/mol. The minimum atomic E-state index is -0.539. The maximum absolute atomic E-state index is 12.3. The highest BCUT2D eigenvalue weighted by atomic mass is 35.5. The molecule has 0 spiro atoms. The Hall–Kier alpha value is -0.730. The van der Waals surface area contributed by atoms with Crippen LogP contribution in [0.3, 0.4) is 0 Å². The molecule has 1 N–H and O–H groups in total. The number of carbonyl (C=O) groups excluding carboxylic acids is 1. The maximum Gasteiger partial charge on any atom is 0.251 e. The lowest BCUT2D eigenvalue weighted by Gasteiger charge is -2.29. The summed E-state index contributed by atoms with van der Waals surface area (Å²) in [6, 6.07) is 7.67. The number of rotatable bonds is 5. The second-order valence-electron chi connectivity index (χ2n) is 6.18. The molecule has 2 nitrogen and oxygen atoms in total. The van der Waals surface area contributed by atoms with Crippen molar-refractivity contribution in [1.82, 2.24) is 5.32 Å². The molecule has 112 valence electrons. The van der Waals surface area contributed by atoms with Gasteiger partial charge in [0, 0.05) is 17.3 Å². The van der Waals surface area contributed by atoms with Crippen molar-refractivity contribution in [3.63, 3.8) is 0 Å². The monoisotopic (exact) mass is 315 g/mol. The Morgan fingerprint density at radius 1 is 1.10 bits per heavy atom. The summed E-state index contributed by atoms with van der Waals surface area (Å²) < 4.78 is 0. The van der Waals surface area contributed by atoms with Gasteiger partial charge in [0.25, 0.3) is 5.91 Å². The van der Waals surface area contributed by atoms with Crippen molar-refractivity contribution in [2.75, 3.05) is 11.8 Å². The van der Waals surface area contributed by atoms with Gasteiger partial charge in [-0.2, -0.15) is 0 Å². The zero-order valence-corrected chi connectivity index (χ0v) is 14.1. The number of alkyl halides is 2. The molecule has 4 heteroatoms. The molecular formula is C16H23Cl2NO. The van der Waals surface area contributed by atoms with Crippen molar-refractivity contribution in [3.8, 4) is 0 Å². The van der Waals surface area contributed by atoms with Crippen molar-refractivity contribution in [1.29, 1.82) is 0 Å². The first-order valence-electron chi connectivity index (χ1n) is 6.83. The van der Waals surface area contributed by atoms with Gasteiger partial charge in [-0.1, -0.05) is 39.8 Å². The van der Waals surface area contributed by atoms with E-state index in [1.165, 1.54) is 5.56 Å². The molecule has 1 aromatic rings. The van der Waals surface area contributed by atoms with Gasteiger partial charge in [-0.25, -0.2) is 0 Å². The summed E-state index contributed by atoms with van der Waals surface area (Å²) in [5, 5.41) is 2.95. The van der Waals surface area contributed by atoms with Crippen LogP contribution < -0.4 is 5.32 Å². The number of hydrogen-bond donors (Lipinski definition) is 1. The van der Waals surface area contributed by atoms with Gasteiger partial charge in [-0.05, 0) is 29.5 Å². The molecule has 0 unspecified atom stereocenters. The number of benzene rings is 1. The third kappa shape index (κ3) is 4.13. The van der Waals surface area contributed by atoms with E-state index in [1.807, 2.05) is 31.2 Å². The van der Waals surface area contributed by atoms with Crippen LogP contribution in [0.4, 0.5) is 0 Å². The molecule has 0 aliphatic heterocycles. The fraction of sp³-hybridized carbons (Fsp3) is 0.562. The molecule has 0 aliphatic rings. The van der Waals surface area contributed by atoms with E-state index in [-0.39, 0.29) is 11.3 Å². The van der Waals surface area contributed by atoms with Crippen molar-refractivity contribution < 1.29 is 4.79 Å². The predicted octanol–water partition coefficient (Wildman–Crippen LogP) is 4.34. The van der Waals surface area contributed by atoms with Crippen LogP contribution in [0.2, 0.25) is 0 Å². The number of hydrogen-bond acceptors (Lipinski definition) is 1. The summed E-state index contributed by atoms with van der Waals surface area (Å²) in [5.74, 6) is 0.478. The molecule has 0 radical (unpaired) electrons. The second-order valence-corrected chi connectivity index (χ2v) is 6.72. The summed E-state index contributed by atoms with van der Waals surface area (Å²) in [6.45, 7) is 8.40. The van der Waals surface area contributed by atoms with E-state index in [0.717, 1.165) is 0 Å². The quantitative estimate of drug-likeness (QED) is 0.804. The Kier molecular flexibility index (Phi) is 5.91. The zero-order valence-electron chi connectivity index (χ0n) is 12.6. The molecule has 0 aromatic heterocycles. The van der Waals surface area contributed by atoms with Gasteiger partial charge in [0.1, 0.15) is 0 Å². The number of halogens is 2. The Balaban J connectivity index is 2.88. The molecule has 0 saturated carbocycles. The zero-order chi connectivity index (χ0) is 15.4. The maximum atomic E-state index is 12.3. The third-order valence-corrected chi connectivity index (χ3v) is 4.60. The molecule has 0 aliphatic carbocycles. The van der Waals surface area contributed by atoms with E-state index in [4.69, 9.17) is 23.2 Å². The van der Waals surface area contributed by atoms with Gasteiger partial charge in [0.15, 0.2) is 0 Å². The van der Waals surface area contributed by atoms with E-state index in [2.05, 4.69) is 26.1 Å². The summed E-state index contributed by atoms with van der Waals surface area (Å²) in [6.07, 6.45) is 0.700. The molecule has 0 atom stereocenters. The molecular weight excluding hydrogens is 293 g/mol. The molecule has 20 heavy (non-hydrogen) atoms. The average Bonchev–Trinajstić information content (AvgIpc) is 2.44. The van der Waals surface area contributed by atoms with Gasteiger partial charge in [-0.15, -0.1) is 23.2 Å². The number of carbonyl (C=O) groups is 1. The molecule has 1 rings (SSSR count). The van der Waals surface area contributed by atoms with Gasteiger partial charge in [0.2, 0.25) is 0 Å². The van der Waals surface area contributed by atoms with E-state index >= 15 is 0 Å². The van der Waals surface area contributed by atoms with E-state index in [0.29, 0.717) is 23.7 Å². The fourth-order valence-electron chi connectivity index (χ4n) is 1.81. The Bertz CT molecular complexity index is 436. The summed E-state index contributed by atoms with van der Waals surface area (Å²) in [4.78, 5) is 12.3. The standard InChI is InChI=1S/C16H23Cl2NO/c1-5-16(10-17,11-18)19-14(20)12-6-8-13(9-7-12)15(2,3)4/h6-9H,5,10-11H2,1-4H3,(H,19,20). The molecule has 0 saturated heterocycles. The van der Waals surface area contributed by atoms with Crippen LogP contribution in [-0.4, -0.2) is 23.2 Å². The minimum Gasteiger partial charge on any atom is -0.344 e. The lowest BCUT2D eigenvalue weighted by molar-refractivity contribution is 0.0913. The van der Waals surface area contributed by atoms with Crippen molar-refractivity contribution in [3.05, 3.63) is 35.4 Å². The fourth-order valence-corrected chi connectivity index (χ4v) is 2.61. The molecule has 1 amide bonds. The largest absolute Gasteiger partial charge is 0.344 e. The first-order chi connectivity index (χ1) is 9.28. The van der Waals surface area contributed by atoms with Crippen LogP contribution in [0.5, 0.6) is 0 Å². The van der Waals surface area contributed by atoms with Crippen molar-refractivity contribution in [2.24, 2.45) is 0 Å². The lowest BCUT2D eigenvalue weighted by Crippen LogP contribution is -2.51. The first kappa shape index (κ1) is 17.3. The lowest BCUT2D eigenvalue weighted by atomic mass is 9.86. The third-order valence-electron chi connectivity index (χ3n) is 3.58. The Morgan fingerprint density at radius 2 is 1.60 bits per heavy atom. The van der Waals surface area contributed by atoms with Crippen LogP contribution >= 0.6 is 23.2 Å². The highest BCUT2D eigenvalue weighted by Crippen LogP contribution is 2.22. The smallest absolute Gasteiger partial charge is 0.251 e. The van der Waals surface area contributed by atoms with Crippen LogP contribution in [-0.2, 0) is 5.41 Å². The summed E-state index contributed by atoms with van der Waals surface area (Å²) in [5.41, 5.74) is 1.37. The Morgan fingerprint density at radius 3 is 1.95 bits per heavy atom. The summed E-state index contributed by atoms with van der Waals surface area (Å²) >= 11 is 11.9. The van der Waals surface area contributed by atoms with Gasteiger partial charge >= 0.3 is 0 Å². The molecule has 0 heterocycles. The topological polar surface area (TPSA) is 29.1 Å². The molecule has 0 fully saturated rings. The highest BCUT2D eigenvalue weighted by Gasteiger charge is 2.28. The van der Waals surface area contributed by atoms with Crippen LogP contribution in [0, 0.1) is 0 Å². The average molecular weight is 316 g/mol. The van der Waals surface area contributed by atoms with E-state index in [9.17, 15) is 4.79 Å². The van der Waals surface area contributed by atoms with E-state index < -0.39 is 5.54 Å². The van der Waals surface area contributed by atoms with Gasteiger partial charge < -0.3 is 5.32 Å². The number of amides is 1.